The number of nitrogens with zero attached hydrogens (tertiary/aromatic N) is 2. The van der Waals surface area contributed by atoms with Crippen LogP contribution in [0.5, 0.6) is 0 Å². The van der Waals surface area contributed by atoms with E-state index in [1.807, 2.05) is 39.9 Å². The fourth-order valence-electron chi connectivity index (χ4n) is 2.93. The van der Waals surface area contributed by atoms with E-state index in [1.165, 1.54) is 0 Å². The van der Waals surface area contributed by atoms with Crippen LogP contribution in [0.3, 0.4) is 0 Å². The first-order chi connectivity index (χ1) is 10.5. The van der Waals surface area contributed by atoms with Gasteiger partial charge in [0.1, 0.15) is 0 Å². The monoisotopic (exact) mass is 317 g/mol. The molecule has 2 heterocycles. The van der Waals surface area contributed by atoms with E-state index in [4.69, 9.17) is 17.0 Å². The van der Waals surface area contributed by atoms with Crippen molar-refractivity contribution in [3.63, 3.8) is 0 Å². The highest BCUT2D eigenvalue weighted by atomic mass is 32.1. The number of aromatic nitrogens is 2. The van der Waals surface area contributed by atoms with E-state index in [0.717, 1.165) is 18.8 Å². The van der Waals surface area contributed by atoms with Crippen LogP contribution in [0.2, 0.25) is 0 Å². The van der Waals surface area contributed by atoms with Crippen molar-refractivity contribution in [3.8, 4) is 5.69 Å². The number of likely N-dealkylation sites (tertiary alicyclic amines) is 1. The molecule has 3 rings (SSSR count). The second-order valence-electron chi connectivity index (χ2n) is 6.09. The molecular formula is C16H19N3O2S. The maximum atomic E-state index is 12.4. The lowest BCUT2D eigenvalue weighted by Crippen LogP contribution is -2.58. The van der Waals surface area contributed by atoms with Crippen LogP contribution in [0.4, 0.5) is 0 Å². The smallest absolute Gasteiger partial charge is 0.253 e. The minimum absolute atomic E-state index is 0.0674. The van der Waals surface area contributed by atoms with Crippen LogP contribution >= 0.6 is 12.2 Å². The van der Waals surface area contributed by atoms with Gasteiger partial charge in [0.2, 0.25) is 0 Å². The number of rotatable bonds is 4. The first-order valence-corrected chi connectivity index (χ1v) is 7.58. The molecule has 0 bridgehead atoms. The predicted octanol–water partition coefficient (Wildman–Crippen LogP) is 2.64. The zero-order valence-corrected chi connectivity index (χ0v) is 13.5. The zero-order chi connectivity index (χ0) is 15.7. The van der Waals surface area contributed by atoms with Crippen LogP contribution in [-0.4, -0.2) is 47.2 Å². The van der Waals surface area contributed by atoms with Gasteiger partial charge < -0.3 is 14.6 Å². The first kappa shape index (κ1) is 15.0. The Morgan fingerprint density at radius 2 is 2.05 bits per heavy atom. The molecule has 1 aromatic heterocycles. The second-order valence-corrected chi connectivity index (χ2v) is 6.47. The number of aromatic amines is 1. The van der Waals surface area contributed by atoms with Crippen molar-refractivity contribution in [3.05, 3.63) is 47.0 Å². The maximum absolute atomic E-state index is 12.4. The van der Waals surface area contributed by atoms with Crippen LogP contribution in [0.25, 0.3) is 5.69 Å². The Bertz CT molecular complexity index is 726. The topological polar surface area (TPSA) is 50.3 Å². The summed E-state index contributed by atoms with van der Waals surface area (Å²) in [7, 11) is 1.69. The molecule has 1 amide bonds. The number of benzene rings is 1. The highest BCUT2D eigenvalue weighted by Gasteiger charge is 2.41. The summed E-state index contributed by atoms with van der Waals surface area (Å²) in [5, 5.41) is 0. The van der Waals surface area contributed by atoms with Gasteiger partial charge in [0.05, 0.1) is 6.61 Å². The van der Waals surface area contributed by atoms with E-state index in [2.05, 4.69) is 11.9 Å². The number of hydrogen-bond acceptors (Lipinski definition) is 3. The Morgan fingerprint density at radius 3 is 2.59 bits per heavy atom. The number of methoxy groups -OCH3 is 1. The standard InChI is InChI=1S/C16H19N3O2S/c1-16(11-21-2)9-18(10-16)14(20)12-3-5-13(6-4-12)19-8-7-17-15(19)22/h3-8H,9-11H2,1-2H3,(H,17,22). The fourth-order valence-corrected chi connectivity index (χ4v) is 3.16. The molecular weight excluding hydrogens is 298 g/mol. The van der Waals surface area contributed by atoms with Gasteiger partial charge in [-0.1, -0.05) is 6.92 Å². The molecule has 0 radical (unpaired) electrons. The summed E-state index contributed by atoms with van der Waals surface area (Å²) >= 11 is 5.19. The third kappa shape index (κ3) is 2.71. The molecule has 0 spiro atoms. The van der Waals surface area contributed by atoms with Gasteiger partial charge in [-0.15, -0.1) is 0 Å². The molecule has 1 aliphatic heterocycles. The number of imidazole rings is 1. The lowest BCUT2D eigenvalue weighted by Gasteiger charge is -2.47. The second kappa shape index (κ2) is 5.70. The normalized spacial score (nSPS) is 16.4. The Kier molecular flexibility index (Phi) is 3.88. The van der Waals surface area contributed by atoms with Gasteiger partial charge in [0.25, 0.3) is 5.91 Å². The summed E-state index contributed by atoms with van der Waals surface area (Å²) in [6, 6.07) is 7.51. The quantitative estimate of drug-likeness (QED) is 0.882. The van der Waals surface area contributed by atoms with Crippen molar-refractivity contribution in [1.29, 1.82) is 0 Å². The molecule has 1 saturated heterocycles. The number of hydrogen-bond donors (Lipinski definition) is 1. The Balaban J connectivity index is 1.70. The summed E-state index contributed by atoms with van der Waals surface area (Å²) < 4.78 is 7.70. The molecule has 1 aromatic carbocycles. The van der Waals surface area contributed by atoms with Crippen LogP contribution in [0, 0.1) is 10.2 Å². The highest BCUT2D eigenvalue weighted by molar-refractivity contribution is 7.71. The number of H-pyrrole nitrogens is 1. The SMILES string of the molecule is COCC1(C)CN(C(=O)c2ccc(-n3cc[nH]c3=S)cc2)C1. The van der Waals surface area contributed by atoms with Gasteiger partial charge in [0, 0.05) is 49.3 Å². The lowest BCUT2D eigenvalue weighted by molar-refractivity contribution is -0.0279. The molecule has 6 heteroatoms. The fraction of sp³-hybridized carbons (Fsp3) is 0.375. The zero-order valence-electron chi connectivity index (χ0n) is 12.7. The van der Waals surface area contributed by atoms with Crippen molar-refractivity contribution in [2.24, 2.45) is 5.41 Å². The van der Waals surface area contributed by atoms with E-state index in [0.29, 0.717) is 16.9 Å². The van der Waals surface area contributed by atoms with Crippen LogP contribution in [0.15, 0.2) is 36.7 Å². The largest absolute Gasteiger partial charge is 0.384 e. The van der Waals surface area contributed by atoms with Crippen LogP contribution < -0.4 is 0 Å². The van der Waals surface area contributed by atoms with Gasteiger partial charge >= 0.3 is 0 Å². The molecule has 22 heavy (non-hydrogen) atoms. The Morgan fingerprint density at radius 1 is 1.36 bits per heavy atom. The number of amides is 1. The van der Waals surface area contributed by atoms with E-state index in [1.54, 1.807) is 13.3 Å². The summed E-state index contributed by atoms with van der Waals surface area (Å²) in [6.07, 6.45) is 3.66. The maximum Gasteiger partial charge on any atom is 0.253 e. The van der Waals surface area contributed by atoms with Crippen molar-refractivity contribution in [2.75, 3.05) is 26.8 Å². The van der Waals surface area contributed by atoms with Crippen molar-refractivity contribution in [1.82, 2.24) is 14.5 Å². The van der Waals surface area contributed by atoms with E-state index >= 15 is 0 Å². The van der Waals surface area contributed by atoms with Gasteiger partial charge in [-0.2, -0.15) is 0 Å². The van der Waals surface area contributed by atoms with Crippen molar-refractivity contribution in [2.45, 2.75) is 6.92 Å². The summed E-state index contributed by atoms with van der Waals surface area (Å²) in [4.78, 5) is 17.2. The number of carbonyl (C=O) groups is 1. The molecule has 0 aliphatic carbocycles. The molecule has 0 saturated carbocycles. The summed E-state index contributed by atoms with van der Waals surface area (Å²) in [6.45, 7) is 4.30. The molecule has 1 N–H and O–H groups in total. The summed E-state index contributed by atoms with van der Waals surface area (Å²) in [5.41, 5.74) is 1.73. The van der Waals surface area contributed by atoms with Gasteiger partial charge in [-0.25, -0.2) is 0 Å². The summed E-state index contributed by atoms with van der Waals surface area (Å²) in [5.74, 6) is 0.0674. The predicted molar refractivity (Wildman–Crippen MR) is 86.8 cm³/mol. The van der Waals surface area contributed by atoms with Crippen molar-refractivity contribution < 1.29 is 9.53 Å². The number of ether oxygens (including phenoxy) is 1. The number of nitrogens with one attached hydrogen (secondary N) is 1. The van der Waals surface area contributed by atoms with Gasteiger partial charge in [0.15, 0.2) is 4.77 Å². The van der Waals surface area contributed by atoms with Crippen LogP contribution in [0.1, 0.15) is 17.3 Å². The minimum atomic E-state index is 0.0674. The first-order valence-electron chi connectivity index (χ1n) is 7.17. The molecule has 5 nitrogen and oxygen atoms in total. The Labute approximate surface area is 134 Å². The van der Waals surface area contributed by atoms with Crippen LogP contribution in [-0.2, 0) is 4.74 Å². The third-order valence-electron chi connectivity index (χ3n) is 3.97. The molecule has 0 atom stereocenters. The number of carbonyl (C=O) groups excluding carboxylic acids is 1. The van der Waals surface area contributed by atoms with E-state index in [9.17, 15) is 4.79 Å². The average molecular weight is 317 g/mol. The molecule has 1 aliphatic rings. The third-order valence-corrected chi connectivity index (χ3v) is 4.28. The molecule has 1 fully saturated rings. The van der Waals surface area contributed by atoms with Gasteiger partial charge in [-0.3, -0.25) is 9.36 Å². The molecule has 2 aromatic rings. The van der Waals surface area contributed by atoms with Gasteiger partial charge in [-0.05, 0) is 36.5 Å². The van der Waals surface area contributed by atoms with Crippen molar-refractivity contribution >= 4 is 18.1 Å². The Hall–Kier alpha value is -1.92. The average Bonchev–Trinajstić information content (AvgIpc) is 2.90. The lowest BCUT2D eigenvalue weighted by atomic mass is 9.82. The van der Waals surface area contributed by atoms with E-state index in [-0.39, 0.29) is 11.3 Å². The molecule has 116 valence electrons. The highest BCUT2D eigenvalue weighted by Crippen LogP contribution is 2.31. The minimum Gasteiger partial charge on any atom is -0.384 e. The molecule has 0 unspecified atom stereocenters. The van der Waals surface area contributed by atoms with E-state index < -0.39 is 0 Å².